The molecule has 0 saturated heterocycles. The maximum absolute atomic E-state index is 13.2. The third kappa shape index (κ3) is 4.61. The smallest absolute Gasteiger partial charge is 0.272 e. The number of carbonyl (C=O) groups is 1. The van der Waals surface area contributed by atoms with Crippen molar-refractivity contribution in [3.05, 3.63) is 57.5 Å². The topological polar surface area (TPSA) is 76.9 Å². The van der Waals surface area contributed by atoms with Crippen LogP contribution in [0.1, 0.15) is 25.3 Å². The number of aryl methyl sites for hydroxylation is 1. The molecule has 0 aliphatic heterocycles. The molecule has 0 radical (unpaired) electrons. The zero-order valence-corrected chi connectivity index (χ0v) is 19.5. The van der Waals surface area contributed by atoms with E-state index in [2.05, 4.69) is 17.2 Å². The number of unbranched alkanes of at least 4 members (excludes halogenated alkanes) is 1. The number of pyridine rings is 1. The highest BCUT2D eigenvalue weighted by molar-refractivity contribution is 7.99. The zero-order chi connectivity index (χ0) is 22.0. The molecule has 9 heteroatoms. The number of carbonyl (C=O) groups excluding carboxylic acids is 1. The van der Waals surface area contributed by atoms with E-state index in [0.29, 0.717) is 32.6 Å². The van der Waals surface area contributed by atoms with Gasteiger partial charge in [0, 0.05) is 18.1 Å². The lowest BCUT2D eigenvalue weighted by molar-refractivity contribution is -0.113. The van der Waals surface area contributed by atoms with Crippen molar-refractivity contribution in [2.24, 2.45) is 0 Å². The molecule has 31 heavy (non-hydrogen) atoms. The molecule has 1 amide bonds. The fraction of sp³-hybridized carbons (Fsp3) is 0.273. The SMILES string of the molecule is CCCCn1c(SCC(=O)Nc2ccc(C)cc2Cl)nc2c(sc3ncccc32)c1=O. The van der Waals surface area contributed by atoms with Crippen molar-refractivity contribution >= 4 is 66.7 Å². The number of halogens is 1. The van der Waals surface area contributed by atoms with Crippen LogP contribution in [0.5, 0.6) is 0 Å². The molecular weight excluding hydrogens is 452 g/mol. The number of rotatable bonds is 7. The maximum atomic E-state index is 13.2. The minimum Gasteiger partial charge on any atom is -0.324 e. The quantitative estimate of drug-likeness (QED) is 0.284. The number of nitrogens with one attached hydrogen (secondary N) is 1. The van der Waals surface area contributed by atoms with E-state index in [1.165, 1.54) is 23.1 Å². The Bertz CT molecular complexity index is 1330. The van der Waals surface area contributed by atoms with Gasteiger partial charge in [0.1, 0.15) is 9.53 Å². The van der Waals surface area contributed by atoms with Gasteiger partial charge in [-0.15, -0.1) is 11.3 Å². The van der Waals surface area contributed by atoms with Gasteiger partial charge in [0.05, 0.1) is 22.0 Å². The summed E-state index contributed by atoms with van der Waals surface area (Å²) in [5, 5.41) is 4.73. The van der Waals surface area contributed by atoms with Gasteiger partial charge in [-0.1, -0.05) is 42.8 Å². The lowest BCUT2D eigenvalue weighted by atomic mass is 10.2. The highest BCUT2D eigenvalue weighted by Crippen LogP contribution is 2.30. The lowest BCUT2D eigenvalue weighted by Gasteiger charge is -2.12. The van der Waals surface area contributed by atoms with E-state index in [-0.39, 0.29) is 17.2 Å². The van der Waals surface area contributed by atoms with Crippen LogP contribution in [0.4, 0.5) is 5.69 Å². The van der Waals surface area contributed by atoms with E-state index in [0.717, 1.165) is 28.6 Å². The van der Waals surface area contributed by atoms with Crippen LogP contribution < -0.4 is 10.9 Å². The molecule has 4 rings (SSSR count). The van der Waals surface area contributed by atoms with Crippen molar-refractivity contribution in [1.82, 2.24) is 14.5 Å². The van der Waals surface area contributed by atoms with Crippen LogP contribution in [0.25, 0.3) is 20.4 Å². The molecule has 0 unspecified atom stereocenters. The molecule has 0 saturated carbocycles. The molecular formula is C22H21ClN4O2S2. The Morgan fingerprint density at radius 1 is 1.32 bits per heavy atom. The molecule has 1 N–H and O–H groups in total. The first kappa shape index (κ1) is 21.8. The molecule has 4 aromatic rings. The first-order valence-corrected chi connectivity index (χ1v) is 12.1. The Morgan fingerprint density at radius 2 is 2.16 bits per heavy atom. The second-order valence-corrected chi connectivity index (χ2v) is 9.51. The average molecular weight is 473 g/mol. The molecule has 160 valence electrons. The number of nitrogens with zero attached hydrogens (tertiary/aromatic N) is 3. The van der Waals surface area contributed by atoms with Gasteiger partial charge in [-0.2, -0.15) is 0 Å². The standard InChI is InChI=1S/C22H21ClN4O2S2/c1-3-4-10-27-21(29)19-18(14-6-5-9-24-20(14)31-19)26-22(27)30-12-17(28)25-16-8-7-13(2)11-15(16)23/h5-9,11H,3-4,10,12H2,1-2H3,(H,25,28). The van der Waals surface area contributed by atoms with Crippen molar-refractivity contribution < 1.29 is 4.79 Å². The minimum atomic E-state index is -0.205. The molecule has 0 fully saturated rings. The van der Waals surface area contributed by atoms with Crippen LogP contribution in [0.15, 0.2) is 46.5 Å². The molecule has 1 aromatic carbocycles. The largest absolute Gasteiger partial charge is 0.324 e. The first-order valence-electron chi connectivity index (χ1n) is 9.94. The molecule has 3 aromatic heterocycles. The number of thioether (sulfide) groups is 1. The number of thiophene rings is 1. The van der Waals surface area contributed by atoms with Gasteiger partial charge in [-0.3, -0.25) is 14.2 Å². The second kappa shape index (κ2) is 9.38. The summed E-state index contributed by atoms with van der Waals surface area (Å²) in [7, 11) is 0. The summed E-state index contributed by atoms with van der Waals surface area (Å²) >= 11 is 8.84. The fourth-order valence-corrected chi connectivity index (χ4v) is 5.33. The van der Waals surface area contributed by atoms with E-state index in [1.54, 1.807) is 22.9 Å². The van der Waals surface area contributed by atoms with Crippen molar-refractivity contribution in [1.29, 1.82) is 0 Å². The minimum absolute atomic E-state index is 0.0778. The van der Waals surface area contributed by atoms with E-state index in [1.807, 2.05) is 25.1 Å². The summed E-state index contributed by atoms with van der Waals surface area (Å²) in [4.78, 5) is 35.7. The molecule has 0 spiro atoms. The van der Waals surface area contributed by atoms with E-state index < -0.39 is 0 Å². The highest BCUT2D eigenvalue weighted by atomic mass is 35.5. The monoisotopic (exact) mass is 472 g/mol. The van der Waals surface area contributed by atoms with Crippen molar-refractivity contribution in [2.45, 2.75) is 38.4 Å². The van der Waals surface area contributed by atoms with Crippen molar-refractivity contribution in [3.8, 4) is 0 Å². The van der Waals surface area contributed by atoms with E-state index in [9.17, 15) is 9.59 Å². The molecule has 0 aliphatic rings. The van der Waals surface area contributed by atoms with Crippen LogP contribution in [-0.4, -0.2) is 26.2 Å². The van der Waals surface area contributed by atoms with Crippen LogP contribution in [0.2, 0.25) is 5.02 Å². The summed E-state index contributed by atoms with van der Waals surface area (Å²) < 4.78 is 2.28. The number of fused-ring (bicyclic) bond motifs is 3. The average Bonchev–Trinajstić information content (AvgIpc) is 3.13. The van der Waals surface area contributed by atoms with Gasteiger partial charge in [-0.05, 0) is 43.2 Å². The Morgan fingerprint density at radius 3 is 2.94 bits per heavy atom. The van der Waals surface area contributed by atoms with Crippen LogP contribution >= 0.6 is 34.7 Å². The summed E-state index contributed by atoms with van der Waals surface area (Å²) in [6.07, 6.45) is 3.52. The predicted octanol–water partition coefficient (Wildman–Crippen LogP) is 5.50. The number of hydrogen-bond acceptors (Lipinski definition) is 6. The van der Waals surface area contributed by atoms with E-state index in [4.69, 9.17) is 16.6 Å². The summed E-state index contributed by atoms with van der Waals surface area (Å²) in [6, 6.07) is 9.24. The highest BCUT2D eigenvalue weighted by Gasteiger charge is 2.18. The van der Waals surface area contributed by atoms with Gasteiger partial charge < -0.3 is 5.32 Å². The summed E-state index contributed by atoms with van der Waals surface area (Å²) in [6.45, 7) is 4.58. The second-order valence-electron chi connectivity index (χ2n) is 7.16. The van der Waals surface area contributed by atoms with Gasteiger partial charge in [0.2, 0.25) is 5.91 Å². The van der Waals surface area contributed by atoms with Gasteiger partial charge in [0.15, 0.2) is 5.16 Å². The predicted molar refractivity (Wildman–Crippen MR) is 130 cm³/mol. The fourth-order valence-electron chi connectivity index (χ4n) is 3.20. The number of anilines is 1. The number of hydrogen-bond donors (Lipinski definition) is 1. The molecule has 0 bridgehead atoms. The zero-order valence-electron chi connectivity index (χ0n) is 17.1. The maximum Gasteiger partial charge on any atom is 0.272 e. The van der Waals surface area contributed by atoms with Crippen LogP contribution in [0.3, 0.4) is 0 Å². The number of aromatic nitrogens is 3. The Kier molecular flexibility index (Phi) is 6.60. The van der Waals surface area contributed by atoms with Crippen LogP contribution in [-0.2, 0) is 11.3 Å². The first-order chi connectivity index (χ1) is 15.0. The molecule has 0 aliphatic carbocycles. The Labute approximate surface area is 192 Å². The summed E-state index contributed by atoms with van der Waals surface area (Å²) in [5.41, 5.74) is 2.16. The summed E-state index contributed by atoms with van der Waals surface area (Å²) in [5.74, 6) is -0.0850. The molecule has 3 heterocycles. The number of benzene rings is 1. The van der Waals surface area contributed by atoms with E-state index >= 15 is 0 Å². The third-order valence-corrected chi connectivity index (χ3v) is 7.16. The van der Waals surface area contributed by atoms with Gasteiger partial charge >= 0.3 is 0 Å². The van der Waals surface area contributed by atoms with Gasteiger partial charge in [0.25, 0.3) is 5.56 Å². The Balaban J connectivity index is 1.64. The Hall–Kier alpha value is -2.42. The number of amides is 1. The molecule has 0 atom stereocenters. The van der Waals surface area contributed by atoms with Crippen molar-refractivity contribution in [2.75, 3.05) is 11.1 Å². The van der Waals surface area contributed by atoms with Gasteiger partial charge in [-0.25, -0.2) is 9.97 Å². The normalized spacial score (nSPS) is 11.3. The van der Waals surface area contributed by atoms with Crippen LogP contribution in [0, 0.1) is 6.92 Å². The lowest BCUT2D eigenvalue weighted by Crippen LogP contribution is -2.23. The molecule has 6 nitrogen and oxygen atoms in total. The third-order valence-electron chi connectivity index (χ3n) is 4.78. The van der Waals surface area contributed by atoms with Crippen molar-refractivity contribution in [3.63, 3.8) is 0 Å².